The van der Waals surface area contributed by atoms with Crippen LogP contribution in [0.5, 0.6) is 0 Å². The lowest BCUT2D eigenvalue weighted by molar-refractivity contribution is -0.130. The minimum atomic E-state index is -0.245. The Kier molecular flexibility index (Phi) is 5.91. The van der Waals surface area contributed by atoms with Crippen molar-refractivity contribution in [3.8, 4) is 5.69 Å². The van der Waals surface area contributed by atoms with Crippen molar-refractivity contribution in [3.63, 3.8) is 0 Å². The van der Waals surface area contributed by atoms with Crippen LogP contribution >= 0.6 is 11.8 Å². The molecule has 1 heterocycles. The van der Waals surface area contributed by atoms with Crippen molar-refractivity contribution in [2.75, 3.05) is 26.4 Å². The molecule has 8 nitrogen and oxygen atoms in total. The minimum Gasteiger partial charge on any atom is -0.347 e. The quantitative estimate of drug-likeness (QED) is 0.768. The highest BCUT2D eigenvalue weighted by molar-refractivity contribution is 7.99. The molecule has 0 aliphatic carbocycles. The molecule has 128 valence electrons. The fraction of sp³-hybridized carbons (Fsp3) is 0.400. The van der Waals surface area contributed by atoms with E-state index in [2.05, 4.69) is 26.9 Å². The van der Waals surface area contributed by atoms with Gasteiger partial charge in [0.05, 0.1) is 18.0 Å². The van der Waals surface area contributed by atoms with Gasteiger partial charge in [-0.2, -0.15) is 4.68 Å². The number of hydrogen-bond acceptors (Lipinski definition) is 6. The van der Waals surface area contributed by atoms with Crippen molar-refractivity contribution in [3.05, 3.63) is 29.3 Å². The first kappa shape index (κ1) is 17.9. The van der Waals surface area contributed by atoms with Crippen molar-refractivity contribution in [1.29, 1.82) is 0 Å². The van der Waals surface area contributed by atoms with E-state index in [-0.39, 0.29) is 24.1 Å². The largest absolute Gasteiger partial charge is 0.347 e. The van der Waals surface area contributed by atoms with Gasteiger partial charge in [-0.15, -0.1) is 5.10 Å². The summed E-state index contributed by atoms with van der Waals surface area (Å²) in [6.07, 6.45) is 0. The maximum atomic E-state index is 11.8. The van der Waals surface area contributed by atoms with E-state index in [0.29, 0.717) is 5.16 Å². The van der Waals surface area contributed by atoms with Crippen LogP contribution in [0.15, 0.2) is 23.4 Å². The Morgan fingerprint density at radius 1 is 1.21 bits per heavy atom. The van der Waals surface area contributed by atoms with Crippen molar-refractivity contribution in [2.45, 2.75) is 19.0 Å². The van der Waals surface area contributed by atoms with Crippen molar-refractivity contribution in [1.82, 2.24) is 30.4 Å². The number of benzene rings is 1. The number of tetrazole rings is 1. The summed E-state index contributed by atoms with van der Waals surface area (Å²) in [7, 11) is 3.28. The molecule has 0 aliphatic heterocycles. The second-order valence-electron chi connectivity index (χ2n) is 5.57. The minimum absolute atomic E-state index is 0.0194. The van der Waals surface area contributed by atoms with Crippen LogP contribution in [0.2, 0.25) is 0 Å². The lowest BCUT2D eigenvalue weighted by Gasteiger charge is -2.10. The average molecular weight is 348 g/mol. The summed E-state index contributed by atoms with van der Waals surface area (Å²) < 4.78 is 1.60. The second-order valence-corrected chi connectivity index (χ2v) is 6.52. The van der Waals surface area contributed by atoms with E-state index in [9.17, 15) is 9.59 Å². The number of likely N-dealkylation sites (N-methyl/N-ethyl adjacent to an activating group) is 1. The van der Waals surface area contributed by atoms with Crippen molar-refractivity contribution < 1.29 is 9.59 Å². The lowest BCUT2D eigenvalue weighted by Crippen LogP contribution is -2.37. The van der Waals surface area contributed by atoms with E-state index >= 15 is 0 Å². The van der Waals surface area contributed by atoms with Gasteiger partial charge < -0.3 is 10.2 Å². The number of rotatable bonds is 6. The number of nitrogens with zero attached hydrogens (tertiary/aromatic N) is 5. The zero-order valence-corrected chi connectivity index (χ0v) is 14.9. The van der Waals surface area contributed by atoms with Gasteiger partial charge in [0.2, 0.25) is 17.0 Å². The van der Waals surface area contributed by atoms with E-state index in [1.54, 1.807) is 18.8 Å². The van der Waals surface area contributed by atoms with Gasteiger partial charge in [0.15, 0.2) is 0 Å². The zero-order chi connectivity index (χ0) is 17.7. The normalized spacial score (nSPS) is 10.5. The van der Waals surface area contributed by atoms with Gasteiger partial charge >= 0.3 is 0 Å². The number of carbonyl (C=O) groups excluding carboxylic acids is 2. The Morgan fingerprint density at radius 2 is 1.88 bits per heavy atom. The molecular formula is C15H20N6O2S. The van der Waals surface area contributed by atoms with Gasteiger partial charge in [0.25, 0.3) is 0 Å². The highest BCUT2D eigenvalue weighted by Crippen LogP contribution is 2.19. The third-order valence-electron chi connectivity index (χ3n) is 3.16. The van der Waals surface area contributed by atoms with Crippen molar-refractivity contribution in [2.24, 2.45) is 0 Å². The van der Waals surface area contributed by atoms with Gasteiger partial charge in [-0.25, -0.2) is 0 Å². The fourth-order valence-corrected chi connectivity index (χ4v) is 2.74. The van der Waals surface area contributed by atoms with Gasteiger partial charge in [-0.05, 0) is 47.5 Å². The molecule has 0 saturated heterocycles. The summed E-state index contributed by atoms with van der Waals surface area (Å²) in [5, 5.41) is 14.7. The van der Waals surface area contributed by atoms with Gasteiger partial charge in [-0.1, -0.05) is 17.8 Å². The molecule has 0 spiro atoms. The first-order valence-electron chi connectivity index (χ1n) is 7.33. The van der Waals surface area contributed by atoms with Crippen LogP contribution < -0.4 is 5.32 Å². The molecule has 0 fully saturated rings. The molecule has 0 saturated carbocycles. The van der Waals surface area contributed by atoms with E-state index < -0.39 is 0 Å². The number of hydrogen-bond donors (Lipinski definition) is 1. The van der Waals surface area contributed by atoms with Crippen LogP contribution in [0.4, 0.5) is 0 Å². The SMILES string of the molecule is Cc1cc(C)cc(-n2nnnc2SCC(=O)NCC(=O)N(C)C)c1. The topological polar surface area (TPSA) is 93.0 Å². The highest BCUT2D eigenvalue weighted by atomic mass is 32.2. The number of aromatic nitrogens is 4. The predicted molar refractivity (Wildman–Crippen MR) is 91.1 cm³/mol. The molecule has 0 aliphatic rings. The smallest absolute Gasteiger partial charge is 0.241 e. The van der Waals surface area contributed by atoms with E-state index in [1.165, 1.54) is 16.7 Å². The summed E-state index contributed by atoms with van der Waals surface area (Å²) in [6.45, 7) is 3.99. The molecule has 0 atom stereocenters. The zero-order valence-electron chi connectivity index (χ0n) is 14.1. The second kappa shape index (κ2) is 7.91. The molecule has 24 heavy (non-hydrogen) atoms. The molecule has 0 unspecified atom stereocenters. The molecule has 1 aromatic heterocycles. The molecule has 0 radical (unpaired) electrons. The number of nitrogens with one attached hydrogen (secondary N) is 1. The Balaban J connectivity index is 1.98. The first-order chi connectivity index (χ1) is 11.4. The van der Waals surface area contributed by atoms with E-state index in [4.69, 9.17) is 0 Å². The van der Waals surface area contributed by atoms with Crippen molar-refractivity contribution >= 4 is 23.6 Å². The maximum absolute atomic E-state index is 11.8. The Bertz CT molecular complexity index is 723. The summed E-state index contributed by atoms with van der Waals surface area (Å²) in [6, 6.07) is 6.02. The molecule has 0 bridgehead atoms. The van der Waals surface area contributed by atoms with Crippen LogP contribution in [-0.4, -0.2) is 63.3 Å². The van der Waals surface area contributed by atoms with Crippen LogP contribution in [0.1, 0.15) is 11.1 Å². The summed E-state index contributed by atoms with van der Waals surface area (Å²) in [5.41, 5.74) is 3.07. The van der Waals surface area contributed by atoms with Crippen LogP contribution in [0, 0.1) is 13.8 Å². The number of carbonyl (C=O) groups is 2. The summed E-state index contributed by atoms with van der Waals surface area (Å²) in [5.74, 6) is -0.273. The molecular weight excluding hydrogens is 328 g/mol. The van der Waals surface area contributed by atoms with Crippen LogP contribution in [0.3, 0.4) is 0 Å². The number of aryl methyl sites for hydroxylation is 2. The summed E-state index contributed by atoms with van der Waals surface area (Å²) >= 11 is 1.22. The summed E-state index contributed by atoms with van der Waals surface area (Å²) in [4.78, 5) is 24.7. The van der Waals surface area contributed by atoms with Gasteiger partial charge in [0.1, 0.15) is 0 Å². The monoisotopic (exact) mass is 348 g/mol. The maximum Gasteiger partial charge on any atom is 0.241 e. The standard InChI is InChI=1S/C15H20N6O2S/c1-10-5-11(2)7-12(6-10)21-15(17-18-19-21)24-9-13(22)16-8-14(23)20(3)4/h5-7H,8-9H2,1-4H3,(H,16,22). The Labute approximate surface area is 144 Å². The van der Waals surface area contributed by atoms with E-state index in [1.807, 2.05) is 26.0 Å². The van der Waals surface area contributed by atoms with Gasteiger partial charge in [0, 0.05) is 14.1 Å². The van der Waals surface area contributed by atoms with Gasteiger partial charge in [-0.3, -0.25) is 9.59 Å². The molecule has 2 amide bonds. The fourth-order valence-electron chi connectivity index (χ4n) is 2.02. The van der Waals surface area contributed by atoms with Crippen LogP contribution in [-0.2, 0) is 9.59 Å². The molecule has 1 aromatic carbocycles. The third kappa shape index (κ3) is 4.79. The average Bonchev–Trinajstić information content (AvgIpc) is 2.98. The van der Waals surface area contributed by atoms with E-state index in [0.717, 1.165) is 16.8 Å². The number of amides is 2. The molecule has 2 rings (SSSR count). The number of thioether (sulfide) groups is 1. The lowest BCUT2D eigenvalue weighted by atomic mass is 10.1. The molecule has 2 aromatic rings. The molecule has 1 N–H and O–H groups in total. The third-order valence-corrected chi connectivity index (χ3v) is 4.08. The Morgan fingerprint density at radius 3 is 2.50 bits per heavy atom. The van der Waals surface area contributed by atoms with Crippen LogP contribution in [0.25, 0.3) is 5.69 Å². The molecule has 9 heteroatoms. The Hall–Kier alpha value is -2.42. The first-order valence-corrected chi connectivity index (χ1v) is 8.32. The highest BCUT2D eigenvalue weighted by Gasteiger charge is 2.13. The predicted octanol–water partition coefficient (Wildman–Crippen LogP) is 0.576.